The van der Waals surface area contributed by atoms with Crippen LogP contribution < -0.4 is 35.0 Å². The molecule has 17 heteroatoms. The Morgan fingerprint density at radius 1 is 0.947 bits per heavy atom. The van der Waals surface area contributed by atoms with Gasteiger partial charge >= 0.3 is 15.9 Å². The molecule has 0 spiro atoms. The largest absolute Gasteiger partial charge is 0.487 e. The Morgan fingerprint density at radius 2 is 1.70 bits per heavy atom. The molecule has 3 saturated heterocycles. The molecule has 0 radical (unpaired) electrons. The first-order chi connectivity index (χ1) is 27.3. The molecule has 4 amide bonds. The summed E-state index contributed by atoms with van der Waals surface area (Å²) in [5, 5.41) is 5.58. The molecule has 1 atom stereocenters. The number of carbonyl (C=O) groups excluding carboxylic acids is 4. The molecule has 3 aliphatic heterocycles. The Labute approximate surface area is 325 Å². The number of amides is 4. The number of piperidine rings is 2. The molecule has 0 saturated carbocycles. The third kappa shape index (κ3) is 6.98. The fourth-order valence-electron chi connectivity index (χ4n) is 7.79. The minimum absolute atomic E-state index is 0.00449. The van der Waals surface area contributed by atoms with Gasteiger partial charge in [0.1, 0.15) is 30.6 Å². The van der Waals surface area contributed by atoms with Crippen LogP contribution in [0.25, 0.3) is 21.8 Å². The molecule has 1 unspecified atom stereocenters. The monoisotopic (exact) mass is 795 g/mol. The molecule has 5 aromatic rings. The standard InChI is InChI=1S/C40H38FN7O8S/c1-23(25-14-16-46(17-15-25)28-9-11-30-32(20-28)45(2)40(53)48(30)31-12-13-34(49)43-39(31)52)38(51)42-27-8-10-29-26(18-27)19-33(56-22-24-6-4-3-5-7-24)37(36(29)41)47-21-35(50)44-57(47,54)55/h3-11,18-20,25,31H,1,12-17,21-22H2,2H3,(H,42,51)(H,44,50)(H,43,49,52). The average molecular weight is 796 g/mol. The predicted octanol–water partition coefficient (Wildman–Crippen LogP) is 3.78. The zero-order valence-corrected chi connectivity index (χ0v) is 31.6. The highest BCUT2D eigenvalue weighted by molar-refractivity contribution is 7.92. The van der Waals surface area contributed by atoms with Crippen LogP contribution in [0.5, 0.6) is 5.75 Å². The van der Waals surface area contributed by atoms with Crippen molar-refractivity contribution in [2.45, 2.75) is 38.3 Å². The second-order valence-electron chi connectivity index (χ2n) is 14.4. The molecule has 1 aromatic heterocycles. The Morgan fingerprint density at radius 3 is 2.40 bits per heavy atom. The SMILES string of the molecule is C=C(C(=O)Nc1ccc2c(F)c(N3CC(=O)NS3(=O)=O)c(OCc3ccccc3)cc2c1)C1CCN(c2ccc3c(c2)n(C)c(=O)n3C2CCC(=O)NC2=O)CC1. The normalized spacial score (nSPS) is 18.5. The Bertz CT molecular complexity index is 2690. The number of fused-ring (bicyclic) bond motifs is 2. The summed E-state index contributed by atoms with van der Waals surface area (Å²) < 4.78 is 53.2. The maximum absolute atomic E-state index is 16.2. The summed E-state index contributed by atoms with van der Waals surface area (Å²) in [5.41, 5.74) is 2.90. The minimum Gasteiger partial charge on any atom is -0.487 e. The van der Waals surface area contributed by atoms with Gasteiger partial charge in [0.05, 0.1) is 11.0 Å². The molecule has 15 nitrogen and oxygen atoms in total. The molecule has 4 aromatic carbocycles. The van der Waals surface area contributed by atoms with Gasteiger partial charge in [0.15, 0.2) is 5.82 Å². The number of imidazole rings is 1. The molecule has 3 N–H and O–H groups in total. The number of benzene rings is 4. The van der Waals surface area contributed by atoms with Crippen LogP contribution in [0.15, 0.2) is 89.7 Å². The first-order valence-electron chi connectivity index (χ1n) is 18.3. The van der Waals surface area contributed by atoms with E-state index in [4.69, 9.17) is 4.74 Å². The lowest BCUT2D eigenvalue weighted by Gasteiger charge is -2.34. The Kier molecular flexibility index (Phi) is 9.55. The molecule has 0 aliphatic carbocycles. The highest BCUT2D eigenvalue weighted by atomic mass is 32.2. The molecular formula is C40H38FN7O8S. The number of imide groups is 1. The summed E-state index contributed by atoms with van der Waals surface area (Å²) in [5.74, 6) is -3.18. The van der Waals surface area contributed by atoms with Crippen LogP contribution in [-0.4, -0.2) is 60.8 Å². The quantitative estimate of drug-likeness (QED) is 0.148. The fourth-order valence-corrected chi connectivity index (χ4v) is 8.95. The van der Waals surface area contributed by atoms with Gasteiger partial charge in [-0.1, -0.05) is 36.9 Å². The second-order valence-corrected chi connectivity index (χ2v) is 16.0. The van der Waals surface area contributed by atoms with E-state index < -0.39 is 52.0 Å². The van der Waals surface area contributed by atoms with Gasteiger partial charge in [-0.25, -0.2) is 18.2 Å². The van der Waals surface area contributed by atoms with E-state index in [1.807, 2.05) is 29.0 Å². The Hall–Kier alpha value is -6.49. The molecule has 3 aliphatic rings. The van der Waals surface area contributed by atoms with E-state index in [9.17, 15) is 32.4 Å². The second kappa shape index (κ2) is 14.5. The molecule has 3 fully saturated rings. The van der Waals surface area contributed by atoms with E-state index in [0.717, 1.165) is 11.3 Å². The number of hydrogen-bond acceptors (Lipinski definition) is 9. The lowest BCUT2D eigenvalue weighted by Crippen LogP contribution is -2.44. The van der Waals surface area contributed by atoms with Gasteiger partial charge in [-0.2, -0.15) is 8.42 Å². The van der Waals surface area contributed by atoms with E-state index in [-0.39, 0.29) is 48.1 Å². The number of rotatable bonds is 9. The van der Waals surface area contributed by atoms with Crippen molar-refractivity contribution in [2.75, 3.05) is 34.2 Å². The summed E-state index contributed by atoms with van der Waals surface area (Å²) in [7, 11) is -2.71. The van der Waals surface area contributed by atoms with Crippen LogP contribution in [0.2, 0.25) is 0 Å². The van der Waals surface area contributed by atoms with Gasteiger partial charge in [0.25, 0.3) is 11.8 Å². The zero-order chi connectivity index (χ0) is 40.2. The zero-order valence-electron chi connectivity index (χ0n) is 30.8. The number of aromatic nitrogens is 2. The maximum atomic E-state index is 16.2. The molecule has 0 bridgehead atoms. The number of anilines is 3. The van der Waals surface area contributed by atoms with Crippen molar-refractivity contribution < 1.29 is 36.7 Å². The summed E-state index contributed by atoms with van der Waals surface area (Å²) in [4.78, 5) is 65.2. The third-order valence-corrected chi connectivity index (χ3v) is 12.2. The van der Waals surface area contributed by atoms with Crippen LogP contribution in [-0.2, 0) is 43.0 Å². The smallest absolute Gasteiger partial charge is 0.329 e. The molecule has 4 heterocycles. The van der Waals surface area contributed by atoms with Crippen molar-refractivity contribution in [3.63, 3.8) is 0 Å². The average Bonchev–Trinajstić information content (AvgIpc) is 3.61. The van der Waals surface area contributed by atoms with E-state index in [2.05, 4.69) is 22.1 Å². The number of ether oxygens (including phenoxy) is 1. The van der Waals surface area contributed by atoms with Crippen molar-refractivity contribution in [3.05, 3.63) is 107 Å². The summed E-state index contributed by atoms with van der Waals surface area (Å²) in [6.07, 6.45) is 1.66. The topological polar surface area (TPSA) is 181 Å². The van der Waals surface area contributed by atoms with E-state index >= 15 is 4.39 Å². The number of halogens is 1. The number of nitrogens with one attached hydrogen (secondary N) is 3. The number of nitrogens with zero attached hydrogens (tertiary/aromatic N) is 4. The Balaban J connectivity index is 0.966. The van der Waals surface area contributed by atoms with Gasteiger partial charge in [0.2, 0.25) is 11.8 Å². The van der Waals surface area contributed by atoms with Crippen molar-refractivity contribution in [1.82, 2.24) is 19.2 Å². The van der Waals surface area contributed by atoms with Crippen LogP contribution in [0.1, 0.15) is 37.3 Å². The van der Waals surface area contributed by atoms with Crippen LogP contribution >= 0.6 is 0 Å². The lowest BCUT2D eigenvalue weighted by molar-refractivity contribution is -0.135. The van der Waals surface area contributed by atoms with Crippen LogP contribution in [0.3, 0.4) is 0 Å². The van der Waals surface area contributed by atoms with E-state index in [1.54, 1.807) is 37.4 Å². The highest BCUT2D eigenvalue weighted by Gasteiger charge is 2.38. The molecular weight excluding hydrogens is 758 g/mol. The fraction of sp³-hybridized carbons (Fsp3) is 0.275. The van der Waals surface area contributed by atoms with Crippen LogP contribution in [0.4, 0.5) is 21.5 Å². The number of carbonyl (C=O) groups is 4. The first-order valence-corrected chi connectivity index (χ1v) is 19.8. The molecule has 8 rings (SSSR count). The van der Waals surface area contributed by atoms with E-state index in [1.165, 1.54) is 27.3 Å². The predicted molar refractivity (Wildman–Crippen MR) is 210 cm³/mol. The van der Waals surface area contributed by atoms with Crippen molar-refractivity contribution in [3.8, 4) is 5.75 Å². The maximum Gasteiger partial charge on any atom is 0.329 e. The summed E-state index contributed by atoms with van der Waals surface area (Å²) in [6.45, 7) is 4.72. The highest BCUT2D eigenvalue weighted by Crippen LogP contribution is 2.40. The first kappa shape index (κ1) is 37.4. The van der Waals surface area contributed by atoms with Crippen molar-refractivity contribution in [2.24, 2.45) is 13.0 Å². The molecule has 57 heavy (non-hydrogen) atoms. The van der Waals surface area contributed by atoms with Gasteiger partial charge in [-0.15, -0.1) is 0 Å². The van der Waals surface area contributed by atoms with Crippen LogP contribution in [0, 0.1) is 11.7 Å². The molecule has 294 valence electrons. The minimum atomic E-state index is -4.36. The van der Waals surface area contributed by atoms with Gasteiger partial charge in [-0.05, 0) is 78.6 Å². The number of hydrogen-bond donors (Lipinski definition) is 3. The van der Waals surface area contributed by atoms with Crippen molar-refractivity contribution >= 4 is 72.7 Å². The van der Waals surface area contributed by atoms with Gasteiger partial charge in [0, 0.05) is 48.9 Å². The number of aryl methyl sites for hydroxylation is 1. The van der Waals surface area contributed by atoms with E-state index in [0.29, 0.717) is 57.9 Å². The summed E-state index contributed by atoms with van der Waals surface area (Å²) >= 11 is 0. The van der Waals surface area contributed by atoms with Gasteiger partial charge in [-0.3, -0.25) is 33.6 Å². The summed E-state index contributed by atoms with van der Waals surface area (Å²) in [6, 6.07) is 19.9. The van der Waals surface area contributed by atoms with Crippen molar-refractivity contribution in [1.29, 1.82) is 0 Å². The lowest BCUT2D eigenvalue weighted by atomic mass is 9.89. The van der Waals surface area contributed by atoms with Gasteiger partial charge < -0.3 is 15.0 Å². The third-order valence-electron chi connectivity index (χ3n) is 10.8.